The number of hydrogen-bond donors (Lipinski definition) is 2. The molecule has 0 bridgehead atoms. The summed E-state index contributed by atoms with van der Waals surface area (Å²) in [7, 11) is 1.61. The van der Waals surface area contributed by atoms with E-state index in [4.69, 9.17) is 4.74 Å². The van der Waals surface area contributed by atoms with Crippen molar-refractivity contribution in [1.82, 2.24) is 10.2 Å². The summed E-state index contributed by atoms with van der Waals surface area (Å²) in [6.45, 7) is 2.57. The molecule has 1 heterocycles. The zero-order chi connectivity index (χ0) is 22.8. The summed E-state index contributed by atoms with van der Waals surface area (Å²) in [6.07, 6.45) is 4.51. The minimum atomic E-state index is -0.0987. The maximum Gasteiger partial charge on any atom is 0.239 e. The molecule has 0 spiro atoms. The fourth-order valence-corrected chi connectivity index (χ4v) is 3.88. The summed E-state index contributed by atoms with van der Waals surface area (Å²) in [5.41, 5.74) is 1.61. The standard InChI is InChI=1S/C25H33N3O4/c1-32-22-13-11-21(12-14-22)28(18-20-8-4-5-9-23(20)29)19-24(30)26-15-7-17-27-16-6-2-3-10-25(27)31/h4-5,8-9,11-14,29H,2-3,6-7,10,15-19H2,1H3,(H,26,30). The molecule has 1 saturated heterocycles. The molecule has 0 aromatic heterocycles. The molecule has 0 radical (unpaired) electrons. The van der Waals surface area contributed by atoms with Gasteiger partial charge in [-0.1, -0.05) is 24.6 Å². The fraction of sp³-hybridized carbons (Fsp3) is 0.440. The van der Waals surface area contributed by atoms with E-state index in [-0.39, 0.29) is 24.1 Å². The quantitative estimate of drug-likeness (QED) is 0.555. The lowest BCUT2D eigenvalue weighted by Crippen LogP contribution is -2.39. The van der Waals surface area contributed by atoms with Crippen LogP contribution >= 0.6 is 0 Å². The van der Waals surface area contributed by atoms with Gasteiger partial charge in [0.05, 0.1) is 13.7 Å². The molecule has 2 aromatic carbocycles. The number of amides is 2. The molecule has 1 fully saturated rings. The van der Waals surface area contributed by atoms with Crippen LogP contribution in [0.1, 0.15) is 37.7 Å². The van der Waals surface area contributed by atoms with Gasteiger partial charge in [0, 0.05) is 43.9 Å². The Morgan fingerprint density at radius 2 is 1.91 bits per heavy atom. The Bertz CT molecular complexity index is 885. The van der Waals surface area contributed by atoms with E-state index < -0.39 is 0 Å². The molecule has 0 unspecified atom stereocenters. The lowest BCUT2D eigenvalue weighted by atomic mass is 10.1. The Kier molecular flexibility index (Phi) is 8.78. The normalized spacial score (nSPS) is 14.0. The van der Waals surface area contributed by atoms with Crippen molar-refractivity contribution in [3.8, 4) is 11.5 Å². The smallest absolute Gasteiger partial charge is 0.239 e. The predicted octanol–water partition coefficient (Wildman–Crippen LogP) is 3.32. The monoisotopic (exact) mass is 439 g/mol. The number of methoxy groups -OCH3 is 1. The van der Waals surface area contributed by atoms with Gasteiger partial charge in [-0.05, 0) is 49.6 Å². The number of carbonyl (C=O) groups is 2. The van der Waals surface area contributed by atoms with Gasteiger partial charge in [0.15, 0.2) is 0 Å². The van der Waals surface area contributed by atoms with Gasteiger partial charge in [-0.2, -0.15) is 0 Å². The molecule has 2 aromatic rings. The minimum absolute atomic E-state index is 0.0987. The SMILES string of the molecule is COc1ccc(N(CC(=O)NCCCN2CCCCCC2=O)Cc2ccccc2O)cc1. The van der Waals surface area contributed by atoms with Gasteiger partial charge in [0.25, 0.3) is 0 Å². The summed E-state index contributed by atoms with van der Waals surface area (Å²) < 4.78 is 5.23. The summed E-state index contributed by atoms with van der Waals surface area (Å²) in [6, 6.07) is 14.6. The second-order valence-corrected chi connectivity index (χ2v) is 8.08. The van der Waals surface area contributed by atoms with Crippen LogP contribution in [0.5, 0.6) is 11.5 Å². The molecule has 2 amide bonds. The van der Waals surface area contributed by atoms with Crippen LogP contribution in [-0.2, 0) is 16.1 Å². The number of rotatable bonds is 10. The van der Waals surface area contributed by atoms with E-state index >= 15 is 0 Å². The average molecular weight is 440 g/mol. The molecular weight excluding hydrogens is 406 g/mol. The van der Waals surface area contributed by atoms with Crippen LogP contribution < -0.4 is 15.0 Å². The van der Waals surface area contributed by atoms with Gasteiger partial charge < -0.3 is 25.0 Å². The molecule has 172 valence electrons. The summed E-state index contributed by atoms with van der Waals surface area (Å²) in [5, 5.41) is 13.2. The van der Waals surface area contributed by atoms with Gasteiger partial charge in [-0.3, -0.25) is 9.59 Å². The van der Waals surface area contributed by atoms with E-state index in [1.807, 2.05) is 46.2 Å². The van der Waals surface area contributed by atoms with Crippen molar-refractivity contribution >= 4 is 17.5 Å². The average Bonchev–Trinajstić information content (AvgIpc) is 3.01. The first-order valence-corrected chi connectivity index (χ1v) is 11.3. The zero-order valence-electron chi connectivity index (χ0n) is 18.8. The Morgan fingerprint density at radius 1 is 1.12 bits per heavy atom. The molecule has 0 aliphatic carbocycles. The third kappa shape index (κ3) is 6.90. The lowest BCUT2D eigenvalue weighted by Gasteiger charge is -2.25. The van der Waals surface area contributed by atoms with Gasteiger partial charge in [-0.15, -0.1) is 0 Å². The molecular formula is C25H33N3O4. The van der Waals surface area contributed by atoms with Gasteiger partial charge in [0.1, 0.15) is 11.5 Å². The van der Waals surface area contributed by atoms with Crippen molar-refractivity contribution in [3.63, 3.8) is 0 Å². The number of anilines is 1. The van der Waals surface area contributed by atoms with Crippen molar-refractivity contribution in [2.45, 2.75) is 38.6 Å². The third-order valence-electron chi connectivity index (χ3n) is 5.72. The highest BCUT2D eigenvalue weighted by Gasteiger charge is 2.17. The maximum atomic E-state index is 12.7. The molecule has 7 nitrogen and oxygen atoms in total. The number of likely N-dealkylation sites (tertiary alicyclic amines) is 1. The number of nitrogens with zero attached hydrogens (tertiary/aromatic N) is 2. The fourth-order valence-electron chi connectivity index (χ4n) is 3.88. The number of aromatic hydroxyl groups is 1. The van der Waals surface area contributed by atoms with Crippen molar-refractivity contribution in [2.24, 2.45) is 0 Å². The Balaban J connectivity index is 1.56. The number of para-hydroxylation sites is 1. The molecule has 3 rings (SSSR count). The molecule has 7 heteroatoms. The first-order valence-electron chi connectivity index (χ1n) is 11.3. The van der Waals surface area contributed by atoms with Crippen LogP contribution in [0.2, 0.25) is 0 Å². The van der Waals surface area contributed by atoms with Crippen LogP contribution in [0.15, 0.2) is 48.5 Å². The topological polar surface area (TPSA) is 82.1 Å². The first kappa shape index (κ1) is 23.4. The van der Waals surface area contributed by atoms with Crippen molar-refractivity contribution in [3.05, 3.63) is 54.1 Å². The van der Waals surface area contributed by atoms with E-state index in [1.165, 1.54) is 0 Å². The Labute approximate surface area is 190 Å². The highest BCUT2D eigenvalue weighted by Crippen LogP contribution is 2.24. The third-order valence-corrected chi connectivity index (χ3v) is 5.72. The Morgan fingerprint density at radius 3 is 2.66 bits per heavy atom. The van der Waals surface area contributed by atoms with E-state index in [0.29, 0.717) is 26.1 Å². The number of phenols is 1. The lowest BCUT2D eigenvalue weighted by molar-refractivity contribution is -0.130. The molecule has 32 heavy (non-hydrogen) atoms. The van der Waals surface area contributed by atoms with Crippen molar-refractivity contribution < 1.29 is 19.4 Å². The van der Waals surface area contributed by atoms with E-state index in [9.17, 15) is 14.7 Å². The molecule has 0 saturated carbocycles. The number of nitrogens with one attached hydrogen (secondary N) is 1. The molecule has 2 N–H and O–H groups in total. The highest BCUT2D eigenvalue weighted by atomic mass is 16.5. The number of hydrogen-bond acceptors (Lipinski definition) is 5. The van der Waals surface area contributed by atoms with E-state index in [1.54, 1.807) is 19.2 Å². The molecule has 1 aliphatic heterocycles. The number of benzene rings is 2. The maximum absolute atomic E-state index is 12.7. The van der Waals surface area contributed by atoms with E-state index in [0.717, 1.165) is 49.2 Å². The van der Waals surface area contributed by atoms with Crippen LogP contribution in [0, 0.1) is 0 Å². The van der Waals surface area contributed by atoms with Crippen LogP contribution in [-0.4, -0.2) is 55.1 Å². The van der Waals surface area contributed by atoms with Crippen LogP contribution in [0.3, 0.4) is 0 Å². The summed E-state index contributed by atoms with van der Waals surface area (Å²) in [5.74, 6) is 1.07. The second kappa shape index (κ2) is 12.0. The van der Waals surface area contributed by atoms with Crippen LogP contribution in [0.25, 0.3) is 0 Å². The van der Waals surface area contributed by atoms with Gasteiger partial charge in [-0.25, -0.2) is 0 Å². The van der Waals surface area contributed by atoms with E-state index in [2.05, 4.69) is 5.32 Å². The number of carbonyl (C=O) groups excluding carboxylic acids is 2. The molecule has 1 aliphatic rings. The minimum Gasteiger partial charge on any atom is -0.508 e. The predicted molar refractivity (Wildman–Crippen MR) is 125 cm³/mol. The van der Waals surface area contributed by atoms with Gasteiger partial charge in [0.2, 0.25) is 11.8 Å². The first-order chi connectivity index (χ1) is 15.6. The van der Waals surface area contributed by atoms with Crippen molar-refractivity contribution in [1.29, 1.82) is 0 Å². The zero-order valence-corrected chi connectivity index (χ0v) is 18.8. The largest absolute Gasteiger partial charge is 0.508 e. The number of phenolic OH excluding ortho intramolecular Hbond substituents is 1. The Hall–Kier alpha value is -3.22. The van der Waals surface area contributed by atoms with Crippen LogP contribution in [0.4, 0.5) is 5.69 Å². The van der Waals surface area contributed by atoms with Crippen molar-refractivity contribution in [2.75, 3.05) is 38.2 Å². The summed E-state index contributed by atoms with van der Waals surface area (Å²) >= 11 is 0. The summed E-state index contributed by atoms with van der Waals surface area (Å²) in [4.78, 5) is 28.6. The molecule has 0 atom stereocenters. The second-order valence-electron chi connectivity index (χ2n) is 8.08. The number of ether oxygens (including phenoxy) is 1. The van der Waals surface area contributed by atoms with Gasteiger partial charge >= 0.3 is 0 Å². The highest BCUT2D eigenvalue weighted by molar-refractivity contribution is 5.81.